The molecule has 0 aliphatic carbocycles. The zero-order valence-electron chi connectivity index (χ0n) is 26.2. The Balaban J connectivity index is 1.46. The van der Waals surface area contributed by atoms with Gasteiger partial charge in [0.25, 0.3) is 0 Å². The molecule has 17 heteroatoms. The van der Waals surface area contributed by atoms with Gasteiger partial charge in [-0.05, 0) is 78.9 Å². The van der Waals surface area contributed by atoms with Crippen LogP contribution < -0.4 is 4.74 Å². The molecule has 1 N–H and O–H groups in total. The second-order valence-corrected chi connectivity index (χ2v) is 12.0. The number of carbonyl (C=O) groups excluding carboxylic acids is 1. The largest absolute Gasteiger partial charge is 0.481 e. The van der Waals surface area contributed by atoms with Crippen molar-refractivity contribution in [3.05, 3.63) is 100.0 Å². The highest BCUT2D eigenvalue weighted by atomic mass is 19.4. The number of alkyl halides is 9. The van der Waals surface area contributed by atoms with Gasteiger partial charge < -0.3 is 14.6 Å². The molecule has 4 heterocycles. The highest BCUT2D eigenvalue weighted by Crippen LogP contribution is 2.51. The number of carbonyl (C=O) groups is 2. The standard InChI is InChI=1S/C34H24F9N3O5/c1-15-9-16(30(47)48)3-4-21(15)18-12-23(29(50-2)44-14-18)22-5-8-26(34(41,42)43)45-27(22)24-6-7-25-28(51-31(49)46(24)25)17-10-19(32(35,36)37)13-20(11-17)33(38,39)40/h3-5,8-14,24-25,28H,6-7H2,1-2H3,(H,47,48)/t24-,25-,28+/m0/s1. The van der Waals surface area contributed by atoms with Gasteiger partial charge in [0.1, 0.15) is 11.8 Å². The zero-order valence-corrected chi connectivity index (χ0v) is 26.2. The van der Waals surface area contributed by atoms with Gasteiger partial charge in [-0.25, -0.2) is 19.6 Å². The minimum Gasteiger partial charge on any atom is -0.481 e. The number of nitrogens with zero attached hydrogens (tertiary/aromatic N) is 3. The van der Waals surface area contributed by atoms with Gasteiger partial charge in [0, 0.05) is 22.9 Å². The van der Waals surface area contributed by atoms with Gasteiger partial charge in [0.05, 0.1) is 41.6 Å². The minimum atomic E-state index is -5.17. The maximum absolute atomic E-state index is 14.0. The molecule has 2 saturated heterocycles. The van der Waals surface area contributed by atoms with E-state index in [-0.39, 0.29) is 47.2 Å². The van der Waals surface area contributed by atoms with Crippen LogP contribution >= 0.6 is 0 Å². The first-order valence-corrected chi connectivity index (χ1v) is 15.0. The average Bonchev–Trinajstić information content (AvgIpc) is 3.63. The Bertz CT molecular complexity index is 2010. The smallest absolute Gasteiger partial charge is 0.433 e. The number of pyridine rings is 2. The van der Waals surface area contributed by atoms with Crippen LogP contribution in [-0.4, -0.2) is 45.2 Å². The predicted octanol–water partition coefficient (Wildman–Crippen LogP) is 9.28. The van der Waals surface area contributed by atoms with Gasteiger partial charge in [-0.1, -0.05) is 12.1 Å². The fourth-order valence-corrected chi connectivity index (χ4v) is 6.54. The van der Waals surface area contributed by atoms with Crippen LogP contribution in [0.1, 0.15) is 69.0 Å². The molecule has 3 atom stereocenters. The molecule has 8 nitrogen and oxygen atoms in total. The van der Waals surface area contributed by atoms with Gasteiger partial charge >= 0.3 is 30.6 Å². The Morgan fingerprint density at radius 1 is 0.863 bits per heavy atom. The summed E-state index contributed by atoms with van der Waals surface area (Å²) in [6, 6.07) is 6.06. The monoisotopic (exact) mass is 725 g/mol. The number of ether oxygens (including phenoxy) is 2. The predicted molar refractivity (Wildman–Crippen MR) is 159 cm³/mol. The van der Waals surface area contributed by atoms with Crippen LogP contribution in [0.5, 0.6) is 5.88 Å². The van der Waals surface area contributed by atoms with Crippen LogP contribution in [-0.2, 0) is 23.3 Å². The fourth-order valence-electron chi connectivity index (χ4n) is 6.54. The first kappa shape index (κ1) is 35.5. The summed E-state index contributed by atoms with van der Waals surface area (Å²) in [4.78, 5) is 34.0. The van der Waals surface area contributed by atoms with Gasteiger partial charge in [-0.2, -0.15) is 39.5 Å². The van der Waals surface area contributed by atoms with Crippen molar-refractivity contribution in [2.24, 2.45) is 0 Å². The zero-order chi connectivity index (χ0) is 37.2. The quantitative estimate of drug-likeness (QED) is 0.198. The van der Waals surface area contributed by atoms with E-state index in [1.165, 1.54) is 37.6 Å². The molecule has 2 aromatic carbocycles. The van der Waals surface area contributed by atoms with Crippen molar-refractivity contribution in [3.63, 3.8) is 0 Å². The van der Waals surface area contributed by atoms with Crippen molar-refractivity contribution in [1.29, 1.82) is 0 Å². The lowest BCUT2D eigenvalue weighted by atomic mass is 9.94. The van der Waals surface area contributed by atoms with Crippen molar-refractivity contribution in [2.75, 3.05) is 7.11 Å². The van der Waals surface area contributed by atoms with Gasteiger partial charge in [-0.3, -0.25) is 4.90 Å². The molecule has 268 valence electrons. The highest BCUT2D eigenvalue weighted by Gasteiger charge is 2.52. The second kappa shape index (κ2) is 12.5. The summed E-state index contributed by atoms with van der Waals surface area (Å²) in [5.74, 6) is -1.22. The van der Waals surface area contributed by atoms with Gasteiger partial charge in [0.15, 0.2) is 0 Å². The third kappa shape index (κ3) is 6.63. The molecule has 51 heavy (non-hydrogen) atoms. The fraction of sp³-hybridized carbons (Fsp3) is 0.294. The first-order chi connectivity index (χ1) is 23.8. The van der Waals surface area contributed by atoms with Crippen LogP contribution in [0.4, 0.5) is 44.3 Å². The number of rotatable bonds is 6. The average molecular weight is 726 g/mol. The molecular formula is C34H24F9N3O5. The number of halogens is 9. The maximum Gasteiger partial charge on any atom is 0.433 e. The number of methoxy groups -OCH3 is 1. The molecule has 0 bridgehead atoms. The normalized spacial score (nSPS) is 19.2. The number of amides is 1. The molecule has 0 radical (unpaired) electrons. The summed E-state index contributed by atoms with van der Waals surface area (Å²) < 4.78 is 135. The molecule has 0 spiro atoms. The number of aryl methyl sites for hydroxylation is 1. The van der Waals surface area contributed by atoms with E-state index in [2.05, 4.69) is 9.97 Å². The van der Waals surface area contributed by atoms with E-state index in [9.17, 15) is 54.2 Å². The van der Waals surface area contributed by atoms with E-state index in [0.717, 1.165) is 11.0 Å². The molecule has 2 aliphatic rings. The van der Waals surface area contributed by atoms with Crippen LogP contribution in [0.2, 0.25) is 0 Å². The molecule has 6 rings (SSSR count). The SMILES string of the molecule is COc1ncc(-c2ccc(C(=O)O)cc2C)cc1-c1ccc(C(F)(F)F)nc1[C@@H]1CC[C@H]2[C@@H](c3cc(C(F)(F)F)cc(C(F)(F)F)c3)OC(=O)N12. The summed E-state index contributed by atoms with van der Waals surface area (Å²) in [5.41, 5.74) is -3.78. The lowest BCUT2D eigenvalue weighted by Crippen LogP contribution is -2.31. The number of aromatic carboxylic acids is 1. The summed E-state index contributed by atoms with van der Waals surface area (Å²) >= 11 is 0. The summed E-state index contributed by atoms with van der Waals surface area (Å²) in [5, 5.41) is 9.36. The van der Waals surface area contributed by atoms with Crippen molar-refractivity contribution >= 4 is 12.1 Å². The summed E-state index contributed by atoms with van der Waals surface area (Å²) in [6.07, 6.45) is -16.8. The van der Waals surface area contributed by atoms with E-state index in [1.54, 1.807) is 6.92 Å². The van der Waals surface area contributed by atoms with Crippen molar-refractivity contribution in [2.45, 2.75) is 56.5 Å². The number of benzene rings is 2. The van der Waals surface area contributed by atoms with Crippen LogP contribution in [0.15, 0.2) is 60.8 Å². The second-order valence-electron chi connectivity index (χ2n) is 12.0. The van der Waals surface area contributed by atoms with E-state index >= 15 is 0 Å². The number of hydrogen-bond donors (Lipinski definition) is 1. The lowest BCUT2D eigenvalue weighted by molar-refractivity contribution is -0.143. The third-order valence-electron chi connectivity index (χ3n) is 8.81. The molecule has 0 saturated carbocycles. The molecule has 2 aromatic heterocycles. The minimum absolute atomic E-state index is 0.0125. The Kier molecular flexibility index (Phi) is 8.66. The van der Waals surface area contributed by atoms with Gasteiger partial charge in [-0.15, -0.1) is 0 Å². The first-order valence-electron chi connectivity index (χ1n) is 15.0. The van der Waals surface area contributed by atoms with Crippen LogP contribution in [0.3, 0.4) is 0 Å². The topological polar surface area (TPSA) is 102 Å². The van der Waals surface area contributed by atoms with Gasteiger partial charge in [0.2, 0.25) is 5.88 Å². The lowest BCUT2D eigenvalue weighted by Gasteiger charge is -2.25. The number of fused-ring (bicyclic) bond motifs is 1. The van der Waals surface area contributed by atoms with Crippen molar-refractivity contribution in [1.82, 2.24) is 14.9 Å². The molecular weight excluding hydrogens is 701 g/mol. The van der Waals surface area contributed by atoms with Crippen molar-refractivity contribution in [3.8, 4) is 28.1 Å². The molecule has 2 fully saturated rings. The van der Waals surface area contributed by atoms with E-state index in [4.69, 9.17) is 9.47 Å². The molecule has 4 aromatic rings. The van der Waals surface area contributed by atoms with Crippen LogP contribution in [0, 0.1) is 6.92 Å². The summed E-state index contributed by atoms with van der Waals surface area (Å²) in [6.45, 7) is 1.65. The number of hydrogen-bond acceptors (Lipinski definition) is 6. The highest BCUT2D eigenvalue weighted by molar-refractivity contribution is 5.89. The number of aromatic nitrogens is 2. The number of carboxylic acid groups (broad SMARTS) is 1. The Morgan fingerprint density at radius 2 is 1.51 bits per heavy atom. The van der Waals surface area contributed by atoms with E-state index in [0.29, 0.717) is 34.9 Å². The third-order valence-corrected chi connectivity index (χ3v) is 8.81. The number of cyclic esters (lactones) is 1. The van der Waals surface area contributed by atoms with Crippen molar-refractivity contribution < 1.29 is 63.7 Å². The number of carboxylic acids is 1. The molecule has 0 unspecified atom stereocenters. The molecule has 2 aliphatic heterocycles. The summed E-state index contributed by atoms with van der Waals surface area (Å²) in [7, 11) is 1.26. The maximum atomic E-state index is 14.0. The van der Waals surface area contributed by atoms with Crippen LogP contribution in [0.25, 0.3) is 22.3 Å². The Hall–Kier alpha value is -5.35. The molecule has 1 amide bonds. The Morgan fingerprint density at radius 3 is 2.08 bits per heavy atom. The van der Waals surface area contributed by atoms with E-state index < -0.39 is 71.2 Å². The van der Waals surface area contributed by atoms with E-state index in [1.807, 2.05) is 0 Å². The Labute approximate surface area is 282 Å².